The number of aliphatic hydroxyl groups is 2. The fourth-order valence-electron chi connectivity index (χ4n) is 4.31. The first-order chi connectivity index (χ1) is 18.8. The van der Waals surface area contributed by atoms with E-state index in [2.05, 4.69) is 17.5 Å². The highest BCUT2D eigenvalue weighted by atomic mass is 16.5. The molecule has 0 spiro atoms. The summed E-state index contributed by atoms with van der Waals surface area (Å²) in [6.45, 7) is 8.86. The lowest BCUT2D eigenvalue weighted by Gasteiger charge is -2.39. The second kappa shape index (κ2) is 14.5. The van der Waals surface area contributed by atoms with Gasteiger partial charge in [0.25, 0.3) is 0 Å². The van der Waals surface area contributed by atoms with Crippen molar-refractivity contribution >= 4 is 17.9 Å². The molecule has 11 heteroatoms. The van der Waals surface area contributed by atoms with Gasteiger partial charge >= 0.3 is 17.9 Å². The molecule has 1 aliphatic heterocycles. The second-order valence-electron chi connectivity index (χ2n) is 9.84. The summed E-state index contributed by atoms with van der Waals surface area (Å²) < 4.78 is 11.3. The summed E-state index contributed by atoms with van der Waals surface area (Å²) in [5, 5.41) is 45.0. The third-order valence-electron chi connectivity index (χ3n) is 6.42. The highest BCUT2D eigenvalue weighted by Crippen LogP contribution is 2.38. The standard InChI is InChI=1S/C23H29NO3.C6H8O7/c1-18(2)17-27-21-10-6-4-8-19(21)16-24-14-12-23(25,13-15-24)20-9-5-7-11-22(20)26-3;7-3(8)1-6(13,5(11)12)2-4(9)10/h4-11,25H,1,12-17H2,2-3H3;13H,1-2H2,(H,7,8)(H,9,10)(H,11,12). The minimum absolute atomic E-state index is 0.532. The number of likely N-dealkylation sites (tertiary alicyclic amines) is 1. The second-order valence-corrected chi connectivity index (χ2v) is 9.84. The van der Waals surface area contributed by atoms with Gasteiger partial charge in [0.15, 0.2) is 5.60 Å². The molecule has 0 amide bonds. The molecule has 2 aromatic rings. The zero-order chi connectivity index (χ0) is 29.9. The number of hydrogen-bond acceptors (Lipinski definition) is 8. The van der Waals surface area contributed by atoms with Crippen molar-refractivity contribution in [3.8, 4) is 11.5 Å². The van der Waals surface area contributed by atoms with Crippen LogP contribution in [0.5, 0.6) is 11.5 Å². The van der Waals surface area contributed by atoms with Gasteiger partial charge in [-0.1, -0.05) is 43.0 Å². The SMILES string of the molecule is C=C(C)COc1ccccc1CN1CCC(O)(c2ccccc2OC)CC1.O=C(O)CC(O)(CC(=O)O)C(=O)O. The van der Waals surface area contributed by atoms with Crippen LogP contribution in [0.2, 0.25) is 0 Å². The molecule has 0 bridgehead atoms. The van der Waals surface area contributed by atoms with E-state index in [1.165, 1.54) is 5.56 Å². The van der Waals surface area contributed by atoms with Crippen LogP contribution in [0.4, 0.5) is 0 Å². The van der Waals surface area contributed by atoms with Gasteiger partial charge in [0, 0.05) is 30.8 Å². The smallest absolute Gasteiger partial charge is 0.336 e. The number of ether oxygens (including phenoxy) is 2. The number of para-hydroxylation sites is 2. The van der Waals surface area contributed by atoms with Crippen molar-refractivity contribution in [1.29, 1.82) is 0 Å². The van der Waals surface area contributed by atoms with Crippen molar-refractivity contribution in [2.24, 2.45) is 0 Å². The maximum Gasteiger partial charge on any atom is 0.336 e. The maximum absolute atomic E-state index is 11.2. The van der Waals surface area contributed by atoms with Crippen LogP contribution in [0.1, 0.15) is 43.7 Å². The largest absolute Gasteiger partial charge is 0.496 e. The third-order valence-corrected chi connectivity index (χ3v) is 6.42. The van der Waals surface area contributed by atoms with E-state index in [4.69, 9.17) is 29.9 Å². The lowest BCUT2D eigenvalue weighted by atomic mass is 9.83. The van der Waals surface area contributed by atoms with E-state index in [1.54, 1.807) is 7.11 Å². The number of carboxylic acids is 3. The van der Waals surface area contributed by atoms with Crippen molar-refractivity contribution < 1.29 is 49.4 Å². The van der Waals surface area contributed by atoms with Gasteiger partial charge in [-0.15, -0.1) is 0 Å². The fourth-order valence-corrected chi connectivity index (χ4v) is 4.31. The van der Waals surface area contributed by atoms with E-state index in [0.29, 0.717) is 19.4 Å². The van der Waals surface area contributed by atoms with Crippen molar-refractivity contribution in [2.75, 3.05) is 26.8 Å². The Morgan fingerprint density at radius 2 is 1.48 bits per heavy atom. The summed E-state index contributed by atoms with van der Waals surface area (Å²) in [4.78, 5) is 32.9. The van der Waals surface area contributed by atoms with E-state index < -0.39 is 42.0 Å². The maximum atomic E-state index is 11.2. The molecule has 1 aliphatic rings. The number of carbonyl (C=O) groups is 3. The Hall–Kier alpha value is -3.93. The number of benzene rings is 2. The average Bonchev–Trinajstić information content (AvgIpc) is 2.89. The molecule has 0 unspecified atom stereocenters. The van der Waals surface area contributed by atoms with Crippen molar-refractivity contribution in [3.63, 3.8) is 0 Å². The first kappa shape index (κ1) is 32.3. The Kier molecular flexibility index (Phi) is 11.7. The number of methoxy groups -OCH3 is 1. The number of rotatable bonds is 12. The van der Waals surface area contributed by atoms with Crippen LogP contribution in [-0.4, -0.2) is 80.7 Å². The first-order valence-electron chi connectivity index (χ1n) is 12.6. The molecule has 0 atom stereocenters. The highest BCUT2D eigenvalue weighted by molar-refractivity contribution is 5.88. The van der Waals surface area contributed by atoms with Gasteiger partial charge in [0.2, 0.25) is 0 Å². The predicted octanol–water partition coefficient (Wildman–Crippen LogP) is 2.89. The van der Waals surface area contributed by atoms with Crippen LogP contribution < -0.4 is 9.47 Å². The number of piperidine rings is 1. The Morgan fingerprint density at radius 3 is 1.98 bits per heavy atom. The summed E-state index contributed by atoms with van der Waals surface area (Å²) in [5.74, 6) is -3.35. The van der Waals surface area contributed by atoms with E-state index in [9.17, 15) is 19.5 Å². The zero-order valence-electron chi connectivity index (χ0n) is 22.7. The molecule has 1 fully saturated rings. The van der Waals surface area contributed by atoms with E-state index in [-0.39, 0.29) is 0 Å². The minimum atomic E-state index is -2.74. The van der Waals surface area contributed by atoms with Gasteiger partial charge in [-0.05, 0) is 37.5 Å². The van der Waals surface area contributed by atoms with Gasteiger partial charge in [0.1, 0.15) is 18.1 Å². The number of aliphatic carboxylic acids is 3. The quantitative estimate of drug-likeness (QED) is 0.242. The topological polar surface area (TPSA) is 174 Å². The molecular formula is C29H37NO10. The van der Waals surface area contributed by atoms with Crippen LogP contribution in [0, 0.1) is 0 Å². The molecule has 3 rings (SSSR count). The molecule has 2 aromatic carbocycles. The predicted molar refractivity (Wildman–Crippen MR) is 145 cm³/mol. The Morgan fingerprint density at radius 1 is 0.950 bits per heavy atom. The highest BCUT2D eigenvalue weighted by Gasteiger charge is 2.41. The summed E-state index contributed by atoms with van der Waals surface area (Å²) in [5.41, 5.74) is -0.514. The molecular weight excluding hydrogens is 522 g/mol. The van der Waals surface area contributed by atoms with Crippen LogP contribution >= 0.6 is 0 Å². The number of hydrogen-bond donors (Lipinski definition) is 5. The van der Waals surface area contributed by atoms with E-state index in [0.717, 1.165) is 42.3 Å². The first-order valence-corrected chi connectivity index (χ1v) is 12.6. The molecule has 0 aromatic heterocycles. The zero-order valence-corrected chi connectivity index (χ0v) is 22.7. The van der Waals surface area contributed by atoms with Crippen LogP contribution in [0.25, 0.3) is 0 Å². The lowest BCUT2D eigenvalue weighted by molar-refractivity contribution is -0.170. The monoisotopic (exact) mass is 559 g/mol. The fraction of sp³-hybridized carbons (Fsp3) is 0.414. The third kappa shape index (κ3) is 9.37. The van der Waals surface area contributed by atoms with Crippen molar-refractivity contribution in [3.05, 3.63) is 71.8 Å². The molecule has 218 valence electrons. The number of nitrogens with zero attached hydrogens (tertiary/aromatic N) is 1. The molecule has 5 N–H and O–H groups in total. The molecule has 0 aliphatic carbocycles. The van der Waals surface area contributed by atoms with Gasteiger partial charge in [-0.2, -0.15) is 0 Å². The molecule has 1 heterocycles. The molecule has 11 nitrogen and oxygen atoms in total. The Labute approximate surface area is 232 Å². The Bertz CT molecular complexity index is 1170. The molecule has 0 radical (unpaired) electrons. The lowest BCUT2D eigenvalue weighted by Crippen LogP contribution is -2.42. The van der Waals surface area contributed by atoms with Gasteiger partial charge in [0.05, 0.1) is 25.6 Å². The van der Waals surface area contributed by atoms with Crippen LogP contribution in [0.3, 0.4) is 0 Å². The number of carboxylic acid groups (broad SMARTS) is 3. The minimum Gasteiger partial charge on any atom is -0.496 e. The average molecular weight is 560 g/mol. The van der Waals surface area contributed by atoms with Crippen molar-refractivity contribution in [2.45, 2.75) is 50.4 Å². The normalized spacial score (nSPS) is 14.8. The van der Waals surface area contributed by atoms with Gasteiger partial charge < -0.3 is 35.0 Å². The van der Waals surface area contributed by atoms with Gasteiger partial charge in [-0.25, -0.2) is 4.79 Å². The summed E-state index contributed by atoms with van der Waals surface area (Å²) in [6.07, 6.45) is -0.923. The summed E-state index contributed by atoms with van der Waals surface area (Å²) >= 11 is 0. The van der Waals surface area contributed by atoms with Crippen molar-refractivity contribution in [1.82, 2.24) is 4.90 Å². The van der Waals surface area contributed by atoms with E-state index >= 15 is 0 Å². The van der Waals surface area contributed by atoms with Crippen LogP contribution in [0.15, 0.2) is 60.7 Å². The van der Waals surface area contributed by atoms with Crippen LogP contribution in [-0.2, 0) is 26.5 Å². The molecule has 1 saturated heterocycles. The Balaban J connectivity index is 0.000000366. The summed E-state index contributed by atoms with van der Waals surface area (Å²) in [7, 11) is 1.65. The van der Waals surface area contributed by atoms with E-state index in [1.807, 2.05) is 49.4 Å². The van der Waals surface area contributed by atoms with Gasteiger partial charge in [-0.3, -0.25) is 14.5 Å². The summed E-state index contributed by atoms with van der Waals surface area (Å²) in [6, 6.07) is 15.9. The molecule has 40 heavy (non-hydrogen) atoms. The molecule has 0 saturated carbocycles.